The van der Waals surface area contributed by atoms with Gasteiger partial charge in [0.2, 0.25) is 5.78 Å². The lowest BCUT2D eigenvalue weighted by Gasteiger charge is -2.08. The van der Waals surface area contributed by atoms with Crippen molar-refractivity contribution in [3.63, 3.8) is 0 Å². The predicted molar refractivity (Wildman–Crippen MR) is 67.8 cm³/mol. The third-order valence-corrected chi connectivity index (χ3v) is 3.03. The summed E-state index contributed by atoms with van der Waals surface area (Å²) in [6, 6.07) is 0. The largest absolute Gasteiger partial charge is 0.461 e. The molecule has 2 heterocycles. The van der Waals surface area contributed by atoms with E-state index in [1.54, 1.807) is 13.1 Å². The topological polar surface area (TPSA) is 56.5 Å². The molecule has 0 atom stereocenters. The van der Waals surface area contributed by atoms with Gasteiger partial charge in [0.1, 0.15) is 0 Å². The van der Waals surface area contributed by atoms with Gasteiger partial charge in [-0.1, -0.05) is 6.92 Å². The summed E-state index contributed by atoms with van der Waals surface area (Å²) in [4.78, 5) is 20.3. The van der Waals surface area contributed by atoms with Crippen LogP contribution in [-0.2, 0) is 11.2 Å². The van der Waals surface area contributed by atoms with E-state index in [9.17, 15) is 4.79 Å². The minimum absolute atomic E-state index is 0.306. The number of aromatic nitrogens is 3. The maximum absolute atomic E-state index is 11.6. The maximum Gasteiger partial charge on any atom is 0.358 e. The zero-order valence-electron chi connectivity index (χ0n) is 11.1. The number of ether oxygens (including phenoxy) is 1. The fourth-order valence-electron chi connectivity index (χ4n) is 2.14. The third-order valence-electron chi connectivity index (χ3n) is 3.03. The van der Waals surface area contributed by atoms with E-state index in [-0.39, 0.29) is 0 Å². The molecule has 5 nitrogen and oxygen atoms in total. The Labute approximate surface area is 106 Å². The van der Waals surface area contributed by atoms with E-state index in [1.807, 2.05) is 18.2 Å². The maximum atomic E-state index is 11.6. The normalized spacial score (nSPS) is 10.9. The molecule has 0 aliphatic heterocycles. The molecule has 0 saturated carbocycles. The number of rotatable bonds is 3. The molecule has 2 rings (SSSR count). The third kappa shape index (κ3) is 1.96. The Morgan fingerprint density at radius 2 is 2.06 bits per heavy atom. The smallest absolute Gasteiger partial charge is 0.358 e. The van der Waals surface area contributed by atoms with Crippen molar-refractivity contribution in [2.75, 3.05) is 6.61 Å². The first-order valence-corrected chi connectivity index (χ1v) is 6.10. The van der Waals surface area contributed by atoms with Gasteiger partial charge in [-0.3, -0.25) is 4.40 Å². The number of nitrogens with zero attached hydrogens (tertiary/aromatic N) is 3. The molecule has 0 aliphatic carbocycles. The number of carbonyl (C=O) groups excluding carboxylic acids is 1. The van der Waals surface area contributed by atoms with Gasteiger partial charge in [0.25, 0.3) is 0 Å². The SMILES string of the molecule is CCOC(=O)c1cn2c(C)c(CC)c(C)nc2n1. The molecule has 0 saturated heterocycles. The van der Waals surface area contributed by atoms with E-state index in [2.05, 4.69) is 16.9 Å². The second-order valence-corrected chi connectivity index (χ2v) is 4.13. The molecule has 0 aromatic carbocycles. The second kappa shape index (κ2) is 4.76. The number of imidazole rings is 1. The van der Waals surface area contributed by atoms with Crippen LogP contribution in [0.4, 0.5) is 0 Å². The molecule has 5 heteroatoms. The molecule has 2 aromatic rings. The number of hydrogen-bond acceptors (Lipinski definition) is 4. The molecule has 0 spiro atoms. The average Bonchev–Trinajstić information content (AvgIpc) is 2.74. The highest BCUT2D eigenvalue weighted by Gasteiger charge is 2.15. The van der Waals surface area contributed by atoms with Crippen LogP contribution in [0.25, 0.3) is 5.78 Å². The number of aryl methyl sites for hydroxylation is 2. The standard InChI is InChI=1S/C13H17N3O2/c1-5-10-8(3)14-13-15-11(12(17)18-6-2)7-16(13)9(10)4/h7H,5-6H2,1-4H3. The molecule has 0 radical (unpaired) electrons. The summed E-state index contributed by atoms with van der Waals surface area (Å²) in [6.45, 7) is 8.18. The lowest BCUT2D eigenvalue weighted by molar-refractivity contribution is 0.0520. The fraction of sp³-hybridized carbons (Fsp3) is 0.462. The Balaban J connectivity index is 2.58. The lowest BCUT2D eigenvalue weighted by atomic mass is 10.1. The van der Waals surface area contributed by atoms with E-state index in [0.29, 0.717) is 18.1 Å². The first-order valence-electron chi connectivity index (χ1n) is 6.10. The number of esters is 1. The quantitative estimate of drug-likeness (QED) is 0.779. The molecule has 18 heavy (non-hydrogen) atoms. The average molecular weight is 247 g/mol. The highest BCUT2D eigenvalue weighted by atomic mass is 16.5. The van der Waals surface area contributed by atoms with Crippen LogP contribution in [-0.4, -0.2) is 26.9 Å². The highest BCUT2D eigenvalue weighted by molar-refractivity contribution is 5.87. The van der Waals surface area contributed by atoms with Gasteiger partial charge in [-0.25, -0.2) is 14.8 Å². The monoisotopic (exact) mass is 247 g/mol. The van der Waals surface area contributed by atoms with Crippen molar-refractivity contribution in [2.45, 2.75) is 34.1 Å². The molecular formula is C13H17N3O2. The molecule has 0 N–H and O–H groups in total. The minimum Gasteiger partial charge on any atom is -0.461 e. The Hall–Kier alpha value is -1.91. The highest BCUT2D eigenvalue weighted by Crippen LogP contribution is 2.16. The lowest BCUT2D eigenvalue weighted by Crippen LogP contribution is -2.04. The zero-order valence-corrected chi connectivity index (χ0v) is 11.1. The minimum atomic E-state index is -0.405. The second-order valence-electron chi connectivity index (χ2n) is 4.13. The van der Waals surface area contributed by atoms with Crippen molar-refractivity contribution >= 4 is 11.7 Å². The first-order chi connectivity index (χ1) is 8.58. The van der Waals surface area contributed by atoms with Crippen molar-refractivity contribution in [1.82, 2.24) is 14.4 Å². The van der Waals surface area contributed by atoms with Crippen LogP contribution < -0.4 is 0 Å². The Kier molecular flexibility index (Phi) is 3.32. The van der Waals surface area contributed by atoms with Crippen LogP contribution in [0, 0.1) is 13.8 Å². The summed E-state index contributed by atoms with van der Waals surface area (Å²) < 4.78 is 6.79. The molecule has 2 aromatic heterocycles. The van der Waals surface area contributed by atoms with E-state index in [1.165, 1.54) is 5.56 Å². The summed E-state index contributed by atoms with van der Waals surface area (Å²) in [5.41, 5.74) is 3.53. The van der Waals surface area contributed by atoms with Gasteiger partial charge in [0, 0.05) is 17.6 Å². The van der Waals surface area contributed by atoms with Crippen LogP contribution in [0.1, 0.15) is 41.3 Å². The molecule has 0 amide bonds. The Bertz CT molecular complexity index is 602. The van der Waals surface area contributed by atoms with Gasteiger partial charge >= 0.3 is 5.97 Å². The first kappa shape index (κ1) is 12.5. The Morgan fingerprint density at radius 1 is 1.33 bits per heavy atom. The molecule has 0 unspecified atom stereocenters. The van der Waals surface area contributed by atoms with Crippen LogP contribution in [0.2, 0.25) is 0 Å². The zero-order chi connectivity index (χ0) is 13.3. The van der Waals surface area contributed by atoms with E-state index < -0.39 is 5.97 Å². The Morgan fingerprint density at radius 3 is 2.67 bits per heavy atom. The van der Waals surface area contributed by atoms with E-state index in [0.717, 1.165) is 17.8 Å². The van der Waals surface area contributed by atoms with Gasteiger partial charge < -0.3 is 4.74 Å². The van der Waals surface area contributed by atoms with Crippen LogP contribution in [0.5, 0.6) is 0 Å². The van der Waals surface area contributed by atoms with Crippen LogP contribution in [0.3, 0.4) is 0 Å². The van der Waals surface area contributed by atoms with E-state index in [4.69, 9.17) is 4.74 Å². The number of hydrogen-bond donors (Lipinski definition) is 0. The summed E-state index contributed by atoms with van der Waals surface area (Å²) in [6.07, 6.45) is 2.60. The van der Waals surface area contributed by atoms with E-state index >= 15 is 0 Å². The molecule has 96 valence electrons. The van der Waals surface area contributed by atoms with Gasteiger partial charge in [0.15, 0.2) is 5.69 Å². The molecule has 0 aliphatic rings. The van der Waals surface area contributed by atoms with Gasteiger partial charge in [0.05, 0.1) is 6.61 Å². The number of carbonyl (C=O) groups is 1. The summed E-state index contributed by atoms with van der Waals surface area (Å²) in [5.74, 6) is 0.142. The summed E-state index contributed by atoms with van der Waals surface area (Å²) in [7, 11) is 0. The van der Waals surface area contributed by atoms with Crippen LogP contribution >= 0.6 is 0 Å². The van der Waals surface area contributed by atoms with Crippen molar-refractivity contribution < 1.29 is 9.53 Å². The van der Waals surface area contributed by atoms with Crippen molar-refractivity contribution in [3.8, 4) is 0 Å². The molecule has 0 bridgehead atoms. The van der Waals surface area contributed by atoms with Gasteiger partial charge in [-0.05, 0) is 32.8 Å². The summed E-state index contributed by atoms with van der Waals surface area (Å²) in [5, 5.41) is 0. The molecule has 0 fully saturated rings. The fourth-order valence-corrected chi connectivity index (χ4v) is 2.14. The van der Waals surface area contributed by atoms with Gasteiger partial charge in [-0.2, -0.15) is 0 Å². The summed E-state index contributed by atoms with van der Waals surface area (Å²) >= 11 is 0. The van der Waals surface area contributed by atoms with Gasteiger partial charge in [-0.15, -0.1) is 0 Å². The van der Waals surface area contributed by atoms with Crippen molar-refractivity contribution in [2.24, 2.45) is 0 Å². The van der Waals surface area contributed by atoms with Crippen LogP contribution in [0.15, 0.2) is 6.20 Å². The number of fused-ring (bicyclic) bond motifs is 1. The predicted octanol–water partition coefficient (Wildman–Crippen LogP) is 2.09. The molecular weight excluding hydrogens is 230 g/mol. The van der Waals surface area contributed by atoms with Crippen molar-refractivity contribution in [3.05, 3.63) is 28.8 Å². The van der Waals surface area contributed by atoms with Crippen molar-refractivity contribution in [1.29, 1.82) is 0 Å².